The molecule has 1 saturated heterocycles. The van der Waals surface area contributed by atoms with Gasteiger partial charge in [0.05, 0.1) is 5.69 Å². The van der Waals surface area contributed by atoms with Crippen LogP contribution in [0.25, 0.3) is 5.70 Å². The van der Waals surface area contributed by atoms with Gasteiger partial charge in [-0.1, -0.05) is 37.8 Å². The average molecular weight is 449 g/mol. The molecular formula is C29H44N4. The number of hydrogen-bond acceptors (Lipinski definition) is 4. The van der Waals surface area contributed by atoms with Crippen molar-refractivity contribution in [3.63, 3.8) is 0 Å². The highest BCUT2D eigenvalue weighted by molar-refractivity contribution is 5.65. The lowest BCUT2D eigenvalue weighted by Gasteiger charge is -2.29. The van der Waals surface area contributed by atoms with Gasteiger partial charge in [-0.15, -0.1) is 0 Å². The zero-order valence-electron chi connectivity index (χ0n) is 21.3. The van der Waals surface area contributed by atoms with E-state index in [1.165, 1.54) is 54.6 Å². The van der Waals surface area contributed by atoms with E-state index >= 15 is 0 Å². The number of aryl methyl sites for hydroxylation is 2. The third-order valence-corrected chi connectivity index (χ3v) is 7.20. The molecule has 1 aromatic carbocycles. The lowest BCUT2D eigenvalue weighted by molar-refractivity contribution is 0.216. The van der Waals surface area contributed by atoms with Gasteiger partial charge in [0, 0.05) is 30.0 Å². The monoisotopic (exact) mass is 448 g/mol. The Balaban J connectivity index is 1.46. The molecule has 1 aliphatic rings. The fourth-order valence-electron chi connectivity index (χ4n) is 4.94. The van der Waals surface area contributed by atoms with Crippen LogP contribution in [0.5, 0.6) is 0 Å². The maximum absolute atomic E-state index is 4.66. The second-order valence-corrected chi connectivity index (χ2v) is 9.85. The second-order valence-electron chi connectivity index (χ2n) is 9.85. The summed E-state index contributed by atoms with van der Waals surface area (Å²) >= 11 is 0. The first-order valence-corrected chi connectivity index (χ1v) is 12.8. The van der Waals surface area contributed by atoms with Gasteiger partial charge in [-0.2, -0.15) is 0 Å². The molecule has 0 amide bonds. The smallest absolute Gasteiger partial charge is 0.0577 e. The van der Waals surface area contributed by atoms with Gasteiger partial charge in [-0.05, 0) is 108 Å². The maximum Gasteiger partial charge on any atom is 0.0577 e. The number of benzene rings is 1. The molecule has 0 spiro atoms. The molecule has 2 heterocycles. The molecule has 4 nitrogen and oxygen atoms in total. The molecule has 1 fully saturated rings. The van der Waals surface area contributed by atoms with Crippen LogP contribution in [0.15, 0.2) is 43.1 Å². The molecule has 0 bridgehead atoms. The minimum Gasteiger partial charge on any atom is -0.383 e. The van der Waals surface area contributed by atoms with Crippen LogP contribution in [0.2, 0.25) is 0 Å². The largest absolute Gasteiger partial charge is 0.383 e. The minimum atomic E-state index is 0.393. The van der Waals surface area contributed by atoms with E-state index in [2.05, 4.69) is 85.2 Å². The zero-order valence-corrected chi connectivity index (χ0v) is 21.3. The molecule has 1 aliphatic heterocycles. The van der Waals surface area contributed by atoms with Crippen LogP contribution in [0.1, 0.15) is 67.5 Å². The zero-order chi connectivity index (χ0) is 23.6. The van der Waals surface area contributed by atoms with E-state index in [-0.39, 0.29) is 0 Å². The number of nitrogens with one attached hydrogen (secondary N) is 2. The molecule has 1 atom stereocenters. The van der Waals surface area contributed by atoms with Crippen molar-refractivity contribution in [2.24, 2.45) is 5.92 Å². The summed E-state index contributed by atoms with van der Waals surface area (Å²) in [7, 11) is 2.22. The number of piperidine rings is 1. The molecule has 4 heteroatoms. The van der Waals surface area contributed by atoms with Crippen molar-refractivity contribution >= 4 is 5.70 Å². The predicted octanol–water partition coefficient (Wildman–Crippen LogP) is 5.36. The standard InChI is InChI=1S/C29H44N4/c1-6-26-11-7-8-12-27(26)13-9-10-22(2)32-24(4)28-14-17-31-29(23(28)3)21-30-20-25-15-18-33(5)19-16-25/h7-8,11-12,14,17,22,25,30,32H,4,6,9-10,13,15-16,18-21H2,1-3,5H3. The van der Waals surface area contributed by atoms with Gasteiger partial charge in [0.1, 0.15) is 0 Å². The van der Waals surface area contributed by atoms with Crippen LogP contribution in [0.3, 0.4) is 0 Å². The van der Waals surface area contributed by atoms with Crippen molar-refractivity contribution in [1.29, 1.82) is 0 Å². The van der Waals surface area contributed by atoms with E-state index in [1.54, 1.807) is 0 Å². The normalized spacial score (nSPS) is 16.0. The van der Waals surface area contributed by atoms with E-state index < -0.39 is 0 Å². The molecular weight excluding hydrogens is 404 g/mol. The van der Waals surface area contributed by atoms with Gasteiger partial charge >= 0.3 is 0 Å². The summed E-state index contributed by atoms with van der Waals surface area (Å²) in [5.74, 6) is 0.784. The Morgan fingerprint density at radius 3 is 2.64 bits per heavy atom. The molecule has 180 valence electrons. The van der Waals surface area contributed by atoms with E-state index in [4.69, 9.17) is 0 Å². The number of rotatable bonds is 12. The first-order valence-electron chi connectivity index (χ1n) is 12.8. The summed E-state index contributed by atoms with van der Waals surface area (Å²) in [5, 5.41) is 7.30. The summed E-state index contributed by atoms with van der Waals surface area (Å²) < 4.78 is 0. The van der Waals surface area contributed by atoms with E-state index in [9.17, 15) is 0 Å². The first kappa shape index (κ1) is 25.5. The van der Waals surface area contributed by atoms with Gasteiger partial charge in [-0.3, -0.25) is 4.98 Å². The van der Waals surface area contributed by atoms with Gasteiger partial charge < -0.3 is 15.5 Å². The summed E-state index contributed by atoms with van der Waals surface area (Å²) in [4.78, 5) is 7.08. The fraction of sp³-hybridized carbons (Fsp3) is 0.552. The third kappa shape index (κ3) is 7.68. The van der Waals surface area contributed by atoms with E-state index in [0.29, 0.717) is 6.04 Å². The molecule has 2 aromatic rings. The van der Waals surface area contributed by atoms with Crippen molar-refractivity contribution in [2.45, 2.75) is 71.9 Å². The fourth-order valence-corrected chi connectivity index (χ4v) is 4.94. The molecule has 2 N–H and O–H groups in total. The van der Waals surface area contributed by atoms with Gasteiger partial charge in [0.15, 0.2) is 0 Å². The van der Waals surface area contributed by atoms with Gasteiger partial charge in [0.2, 0.25) is 0 Å². The first-order chi connectivity index (χ1) is 16.0. The summed E-state index contributed by atoms with van der Waals surface area (Å²) in [5.41, 5.74) is 7.53. The van der Waals surface area contributed by atoms with Crippen LogP contribution in [-0.4, -0.2) is 42.6 Å². The van der Waals surface area contributed by atoms with Crippen LogP contribution in [0, 0.1) is 12.8 Å². The molecule has 0 radical (unpaired) electrons. The van der Waals surface area contributed by atoms with Gasteiger partial charge in [0.25, 0.3) is 0 Å². The lowest BCUT2D eigenvalue weighted by Crippen LogP contribution is -2.35. The highest BCUT2D eigenvalue weighted by Crippen LogP contribution is 2.20. The Hall–Kier alpha value is -2.17. The Kier molecular flexibility index (Phi) is 9.95. The molecule has 3 rings (SSSR count). The average Bonchev–Trinajstić information content (AvgIpc) is 2.81. The van der Waals surface area contributed by atoms with E-state index in [0.717, 1.165) is 49.7 Å². The van der Waals surface area contributed by atoms with Crippen LogP contribution in [-0.2, 0) is 19.4 Å². The summed E-state index contributed by atoms with van der Waals surface area (Å²) in [6.45, 7) is 15.4. The maximum atomic E-state index is 4.66. The molecule has 33 heavy (non-hydrogen) atoms. The third-order valence-electron chi connectivity index (χ3n) is 7.20. The highest BCUT2D eigenvalue weighted by atomic mass is 15.1. The summed E-state index contributed by atoms with van der Waals surface area (Å²) in [6, 6.07) is 11.3. The number of nitrogens with zero attached hydrogens (tertiary/aromatic N) is 2. The lowest BCUT2D eigenvalue weighted by atomic mass is 9.97. The van der Waals surface area contributed by atoms with Crippen LogP contribution >= 0.6 is 0 Å². The predicted molar refractivity (Wildman–Crippen MR) is 141 cm³/mol. The molecule has 0 aliphatic carbocycles. The quantitative estimate of drug-likeness (QED) is 0.459. The van der Waals surface area contributed by atoms with Crippen molar-refractivity contribution in [2.75, 3.05) is 26.7 Å². The SMILES string of the molecule is C=C(NC(C)CCCc1ccccc1CC)c1ccnc(CNCC2CCN(C)CC2)c1C. The van der Waals surface area contributed by atoms with Crippen LogP contribution in [0.4, 0.5) is 0 Å². The number of likely N-dealkylation sites (tertiary alicyclic amines) is 1. The molecule has 1 aromatic heterocycles. The number of aromatic nitrogens is 1. The Morgan fingerprint density at radius 1 is 1.18 bits per heavy atom. The topological polar surface area (TPSA) is 40.2 Å². The minimum absolute atomic E-state index is 0.393. The van der Waals surface area contributed by atoms with E-state index in [1.807, 2.05) is 6.20 Å². The van der Waals surface area contributed by atoms with Crippen molar-refractivity contribution in [3.8, 4) is 0 Å². The Bertz CT molecular complexity index is 883. The summed E-state index contributed by atoms with van der Waals surface area (Å²) in [6.07, 6.45) is 9.07. The molecule has 0 saturated carbocycles. The van der Waals surface area contributed by atoms with Crippen molar-refractivity contribution in [3.05, 3.63) is 71.1 Å². The molecule has 1 unspecified atom stereocenters. The highest BCUT2D eigenvalue weighted by Gasteiger charge is 2.16. The number of hydrogen-bond donors (Lipinski definition) is 2. The number of pyridine rings is 1. The van der Waals surface area contributed by atoms with Crippen molar-refractivity contribution < 1.29 is 0 Å². The Morgan fingerprint density at radius 2 is 1.91 bits per heavy atom. The Labute approximate surface area is 201 Å². The van der Waals surface area contributed by atoms with Gasteiger partial charge in [-0.25, -0.2) is 0 Å². The van der Waals surface area contributed by atoms with Crippen LogP contribution < -0.4 is 10.6 Å². The second kappa shape index (κ2) is 12.9. The van der Waals surface area contributed by atoms with Crippen molar-refractivity contribution in [1.82, 2.24) is 20.5 Å².